The summed E-state index contributed by atoms with van der Waals surface area (Å²) in [6, 6.07) is 13.4. The van der Waals surface area contributed by atoms with E-state index in [1.165, 1.54) is 23.8 Å². The predicted octanol–water partition coefficient (Wildman–Crippen LogP) is 3.46. The summed E-state index contributed by atoms with van der Waals surface area (Å²) in [7, 11) is 0. The Labute approximate surface area is 147 Å². The first-order valence-corrected chi connectivity index (χ1v) is 8.24. The summed E-state index contributed by atoms with van der Waals surface area (Å²) in [5, 5.41) is 2.70. The lowest BCUT2D eigenvalue weighted by Crippen LogP contribution is -2.30. The Kier molecular flexibility index (Phi) is 6.69. The molecule has 2 aromatic rings. The van der Waals surface area contributed by atoms with Crippen LogP contribution in [0.25, 0.3) is 0 Å². The fourth-order valence-electron chi connectivity index (χ4n) is 2.30. The molecular weight excluding hydrogens is 321 g/mol. The summed E-state index contributed by atoms with van der Waals surface area (Å²) in [5.74, 6) is -1.15. The second-order valence-electron chi connectivity index (χ2n) is 6.08. The van der Waals surface area contributed by atoms with Gasteiger partial charge in [0.1, 0.15) is 5.82 Å². The van der Waals surface area contributed by atoms with Crippen LogP contribution in [-0.4, -0.2) is 25.0 Å². The average molecular weight is 343 g/mol. The molecule has 0 heterocycles. The summed E-state index contributed by atoms with van der Waals surface area (Å²) < 4.78 is 17.9. The molecule has 0 unspecified atom stereocenters. The lowest BCUT2D eigenvalue weighted by atomic mass is 10.0. The van der Waals surface area contributed by atoms with Gasteiger partial charge in [-0.25, -0.2) is 9.18 Å². The Bertz CT molecular complexity index is 726. The number of amides is 1. The summed E-state index contributed by atoms with van der Waals surface area (Å²) in [6.45, 7) is 4.35. The Morgan fingerprint density at radius 1 is 1.12 bits per heavy atom. The van der Waals surface area contributed by atoms with E-state index in [2.05, 4.69) is 31.3 Å². The van der Waals surface area contributed by atoms with Crippen molar-refractivity contribution in [2.75, 3.05) is 13.2 Å². The van der Waals surface area contributed by atoms with Crippen LogP contribution >= 0.6 is 0 Å². The van der Waals surface area contributed by atoms with Gasteiger partial charge in [0.2, 0.25) is 0 Å². The molecule has 0 atom stereocenters. The van der Waals surface area contributed by atoms with Crippen molar-refractivity contribution in [1.82, 2.24) is 5.32 Å². The number of hydrogen-bond acceptors (Lipinski definition) is 3. The van der Waals surface area contributed by atoms with Crippen molar-refractivity contribution >= 4 is 11.9 Å². The van der Waals surface area contributed by atoms with E-state index in [9.17, 15) is 14.0 Å². The van der Waals surface area contributed by atoms with E-state index < -0.39 is 11.8 Å². The van der Waals surface area contributed by atoms with Crippen LogP contribution in [0.4, 0.5) is 4.39 Å². The zero-order valence-corrected chi connectivity index (χ0v) is 14.4. The largest absolute Gasteiger partial charge is 0.452 e. The highest BCUT2D eigenvalue weighted by atomic mass is 19.1. The third kappa shape index (κ3) is 6.03. The van der Waals surface area contributed by atoms with E-state index in [-0.39, 0.29) is 18.1 Å². The van der Waals surface area contributed by atoms with Crippen molar-refractivity contribution in [2.45, 2.75) is 26.2 Å². The van der Waals surface area contributed by atoms with Crippen molar-refractivity contribution in [1.29, 1.82) is 0 Å². The highest BCUT2D eigenvalue weighted by Crippen LogP contribution is 2.14. The van der Waals surface area contributed by atoms with Crippen LogP contribution in [-0.2, 0) is 16.0 Å². The molecule has 2 rings (SSSR count). The first-order chi connectivity index (χ1) is 12.0. The maximum atomic E-state index is 13.0. The number of carbonyl (C=O) groups excluding carboxylic acids is 2. The minimum absolute atomic E-state index is 0.0815. The van der Waals surface area contributed by atoms with Gasteiger partial charge in [-0.05, 0) is 41.7 Å². The Morgan fingerprint density at radius 3 is 2.48 bits per heavy atom. The van der Waals surface area contributed by atoms with E-state index in [0.29, 0.717) is 18.9 Å². The van der Waals surface area contributed by atoms with Gasteiger partial charge in [-0.3, -0.25) is 4.79 Å². The van der Waals surface area contributed by atoms with E-state index >= 15 is 0 Å². The number of hydrogen-bond donors (Lipinski definition) is 1. The van der Waals surface area contributed by atoms with Gasteiger partial charge in [0.25, 0.3) is 5.91 Å². The molecule has 0 aromatic heterocycles. The van der Waals surface area contributed by atoms with Gasteiger partial charge in [-0.2, -0.15) is 0 Å². The fraction of sp³-hybridized carbons (Fsp3) is 0.300. The zero-order chi connectivity index (χ0) is 18.2. The third-order valence-corrected chi connectivity index (χ3v) is 3.78. The molecule has 0 saturated carbocycles. The molecule has 4 nitrogen and oxygen atoms in total. The van der Waals surface area contributed by atoms with E-state index in [1.54, 1.807) is 0 Å². The van der Waals surface area contributed by atoms with Gasteiger partial charge < -0.3 is 10.1 Å². The van der Waals surface area contributed by atoms with Crippen molar-refractivity contribution in [3.05, 3.63) is 71.0 Å². The van der Waals surface area contributed by atoms with Gasteiger partial charge in [-0.1, -0.05) is 44.2 Å². The summed E-state index contributed by atoms with van der Waals surface area (Å²) in [5.41, 5.74) is 2.48. The van der Waals surface area contributed by atoms with Gasteiger partial charge in [0.05, 0.1) is 5.56 Å². The number of ether oxygens (including phenoxy) is 1. The number of nitrogens with one attached hydrogen (secondary N) is 1. The molecule has 132 valence electrons. The minimum atomic E-state index is -0.723. The second kappa shape index (κ2) is 8.97. The highest BCUT2D eigenvalue weighted by molar-refractivity contribution is 5.91. The Balaban J connectivity index is 1.71. The number of esters is 1. The molecule has 0 aliphatic heterocycles. The fourth-order valence-corrected chi connectivity index (χ4v) is 2.30. The monoisotopic (exact) mass is 343 g/mol. The third-order valence-electron chi connectivity index (χ3n) is 3.78. The first kappa shape index (κ1) is 18.6. The molecule has 5 heteroatoms. The topological polar surface area (TPSA) is 55.4 Å². The number of carbonyl (C=O) groups is 2. The SMILES string of the molecule is CC(C)c1ccc(CCNC(=O)COC(=O)c2cccc(F)c2)cc1. The van der Waals surface area contributed by atoms with Crippen LogP contribution in [0.15, 0.2) is 48.5 Å². The van der Waals surface area contributed by atoms with Crippen LogP contribution in [0, 0.1) is 5.82 Å². The summed E-state index contributed by atoms with van der Waals surface area (Å²) >= 11 is 0. The highest BCUT2D eigenvalue weighted by Gasteiger charge is 2.10. The standard InChI is InChI=1S/C20H22FNO3/c1-14(2)16-8-6-15(7-9-16)10-11-22-19(23)13-25-20(24)17-4-3-5-18(21)12-17/h3-9,12,14H,10-11,13H2,1-2H3,(H,22,23). The summed E-state index contributed by atoms with van der Waals surface area (Å²) in [4.78, 5) is 23.4. The molecule has 0 bridgehead atoms. The van der Waals surface area contributed by atoms with E-state index in [0.717, 1.165) is 11.6 Å². The molecule has 0 aliphatic rings. The van der Waals surface area contributed by atoms with Crippen molar-refractivity contribution < 1.29 is 18.7 Å². The number of rotatable bonds is 7. The minimum Gasteiger partial charge on any atom is -0.452 e. The van der Waals surface area contributed by atoms with Crippen LogP contribution in [0.2, 0.25) is 0 Å². The van der Waals surface area contributed by atoms with Gasteiger partial charge in [-0.15, -0.1) is 0 Å². The average Bonchev–Trinajstić information content (AvgIpc) is 2.60. The van der Waals surface area contributed by atoms with E-state index in [1.807, 2.05) is 12.1 Å². The predicted molar refractivity (Wildman–Crippen MR) is 93.9 cm³/mol. The van der Waals surface area contributed by atoms with Crippen molar-refractivity contribution in [3.8, 4) is 0 Å². The maximum absolute atomic E-state index is 13.0. The molecule has 0 fully saturated rings. The molecule has 0 aliphatic carbocycles. The van der Waals surface area contributed by atoms with E-state index in [4.69, 9.17) is 4.74 Å². The molecular formula is C20H22FNO3. The number of benzene rings is 2. The Morgan fingerprint density at radius 2 is 1.84 bits per heavy atom. The maximum Gasteiger partial charge on any atom is 0.338 e. The van der Waals surface area contributed by atoms with Gasteiger partial charge in [0.15, 0.2) is 6.61 Å². The van der Waals surface area contributed by atoms with Crippen molar-refractivity contribution in [3.63, 3.8) is 0 Å². The second-order valence-corrected chi connectivity index (χ2v) is 6.08. The lowest BCUT2D eigenvalue weighted by molar-refractivity contribution is -0.124. The quantitative estimate of drug-likeness (QED) is 0.783. The Hall–Kier alpha value is -2.69. The summed E-state index contributed by atoms with van der Waals surface area (Å²) in [6.07, 6.45) is 0.696. The normalized spacial score (nSPS) is 10.6. The van der Waals surface area contributed by atoms with Crippen LogP contribution in [0.3, 0.4) is 0 Å². The van der Waals surface area contributed by atoms with Crippen LogP contribution in [0.5, 0.6) is 0 Å². The molecule has 1 amide bonds. The zero-order valence-electron chi connectivity index (χ0n) is 14.4. The smallest absolute Gasteiger partial charge is 0.338 e. The molecule has 0 saturated heterocycles. The molecule has 25 heavy (non-hydrogen) atoms. The van der Waals surface area contributed by atoms with Gasteiger partial charge in [0, 0.05) is 6.54 Å². The molecule has 2 aromatic carbocycles. The molecule has 0 radical (unpaired) electrons. The van der Waals surface area contributed by atoms with Crippen molar-refractivity contribution in [2.24, 2.45) is 0 Å². The molecule has 0 spiro atoms. The first-order valence-electron chi connectivity index (χ1n) is 8.24. The van der Waals surface area contributed by atoms with Crippen LogP contribution < -0.4 is 5.32 Å². The number of halogens is 1. The van der Waals surface area contributed by atoms with Gasteiger partial charge >= 0.3 is 5.97 Å². The lowest BCUT2D eigenvalue weighted by Gasteiger charge is -2.08. The molecule has 1 N–H and O–H groups in total. The van der Waals surface area contributed by atoms with Crippen LogP contribution in [0.1, 0.15) is 41.3 Å².